The van der Waals surface area contributed by atoms with Gasteiger partial charge in [0.1, 0.15) is 5.75 Å². The fourth-order valence-electron chi connectivity index (χ4n) is 4.86. The van der Waals surface area contributed by atoms with Crippen molar-refractivity contribution in [1.29, 1.82) is 0 Å². The van der Waals surface area contributed by atoms with E-state index in [1.54, 1.807) is 12.5 Å². The molecule has 5 rings (SSSR count). The smallest absolute Gasteiger partial charge is 0.159 e. The molecule has 0 unspecified atom stereocenters. The Morgan fingerprint density at radius 1 is 0.789 bits per heavy atom. The lowest BCUT2D eigenvalue weighted by atomic mass is 9.82. The van der Waals surface area contributed by atoms with E-state index in [0.717, 1.165) is 47.3 Å². The fourth-order valence-corrected chi connectivity index (χ4v) is 4.86. The van der Waals surface area contributed by atoms with E-state index < -0.39 is 0 Å². The molecule has 0 amide bonds. The van der Waals surface area contributed by atoms with E-state index in [0.29, 0.717) is 0 Å². The van der Waals surface area contributed by atoms with E-state index in [1.807, 2.05) is 48.5 Å². The average molecular weight is 517 g/mol. The third-order valence-electron chi connectivity index (χ3n) is 8.05. The molecule has 0 spiro atoms. The zero-order chi connectivity index (χ0) is 27.0. The van der Waals surface area contributed by atoms with Crippen molar-refractivity contribution in [2.24, 2.45) is 11.8 Å². The van der Waals surface area contributed by atoms with Crippen molar-refractivity contribution in [3.05, 3.63) is 65.7 Å². The summed E-state index contributed by atoms with van der Waals surface area (Å²) in [6.45, 7) is 6.69. The third-order valence-corrected chi connectivity index (χ3v) is 8.05. The van der Waals surface area contributed by atoms with Gasteiger partial charge in [-0.2, -0.15) is 0 Å². The number of rotatable bonds is 12. The Hall–Kier alpha value is -2.35. The molecular formula is C36H52O2. The highest BCUT2D eigenvalue weighted by Crippen LogP contribution is 2.35. The molecule has 3 fully saturated rings. The quantitative estimate of drug-likeness (QED) is 0.159. The van der Waals surface area contributed by atoms with E-state index in [4.69, 9.17) is 4.74 Å². The Morgan fingerprint density at radius 2 is 1.39 bits per heavy atom. The third kappa shape index (κ3) is 11.6. The normalized spacial score (nSPS) is 16.1. The molecule has 0 aromatic heterocycles. The predicted molar refractivity (Wildman–Crippen MR) is 163 cm³/mol. The van der Waals surface area contributed by atoms with Gasteiger partial charge in [-0.15, -0.1) is 0 Å². The van der Waals surface area contributed by atoms with Crippen LogP contribution in [-0.4, -0.2) is 12.4 Å². The summed E-state index contributed by atoms with van der Waals surface area (Å²) >= 11 is 0. The summed E-state index contributed by atoms with van der Waals surface area (Å²) in [7, 11) is 0. The molecule has 2 aromatic carbocycles. The van der Waals surface area contributed by atoms with E-state index in [1.165, 1.54) is 89.9 Å². The first-order valence-corrected chi connectivity index (χ1v) is 15.6. The number of hydrogen-bond acceptors (Lipinski definition) is 2. The van der Waals surface area contributed by atoms with Gasteiger partial charge in [-0.1, -0.05) is 126 Å². The molecule has 0 radical (unpaired) electrons. The minimum atomic E-state index is 0.0925. The van der Waals surface area contributed by atoms with Gasteiger partial charge in [-0.05, 0) is 74.1 Å². The van der Waals surface area contributed by atoms with Crippen molar-refractivity contribution in [2.75, 3.05) is 6.61 Å². The fraction of sp³-hybridized carbons (Fsp3) is 0.583. The van der Waals surface area contributed by atoms with Crippen molar-refractivity contribution in [3.8, 4) is 16.9 Å². The molecule has 2 aromatic rings. The number of hydrogen-bond donors (Lipinski definition) is 0. The number of ether oxygens (including phenoxy) is 1. The summed E-state index contributed by atoms with van der Waals surface area (Å²) in [6, 6.07) is 15.7. The van der Waals surface area contributed by atoms with Crippen LogP contribution in [0.25, 0.3) is 11.1 Å². The van der Waals surface area contributed by atoms with Gasteiger partial charge in [0, 0.05) is 5.56 Å². The Labute approximate surface area is 233 Å². The molecule has 3 aliphatic carbocycles. The number of Topliss-reactive ketones (excluding diaryl/α,β-unsaturated/α-hetero) is 1. The molecule has 2 heteroatoms. The number of carbonyl (C=O) groups is 1. The van der Waals surface area contributed by atoms with Crippen molar-refractivity contribution in [3.63, 3.8) is 0 Å². The van der Waals surface area contributed by atoms with Crippen molar-refractivity contribution < 1.29 is 9.53 Å². The summed E-state index contributed by atoms with van der Waals surface area (Å²) in [5, 5.41) is 0. The van der Waals surface area contributed by atoms with E-state index >= 15 is 0 Å². The summed E-state index contributed by atoms with van der Waals surface area (Å²) in [4.78, 5) is 11.2. The number of benzene rings is 2. The monoisotopic (exact) mass is 516 g/mol. The van der Waals surface area contributed by atoms with Gasteiger partial charge < -0.3 is 4.74 Å². The highest BCUT2D eigenvalue weighted by Gasteiger charge is 2.19. The van der Waals surface area contributed by atoms with Gasteiger partial charge in [0.15, 0.2) is 5.78 Å². The Morgan fingerprint density at radius 3 is 1.87 bits per heavy atom. The molecule has 208 valence electrons. The topological polar surface area (TPSA) is 26.3 Å². The lowest BCUT2D eigenvalue weighted by Gasteiger charge is -2.24. The van der Waals surface area contributed by atoms with Crippen LogP contribution in [0.1, 0.15) is 127 Å². The molecule has 0 heterocycles. The number of ketones is 1. The second kappa shape index (κ2) is 17.3. The SMILES string of the molecule is C(=C1CC1)C1CCC1.CCCCCCCC1CCC1.CCCOc1ccc(-c2ccc(C(C)=O)cc2)cc1. The highest BCUT2D eigenvalue weighted by atomic mass is 16.5. The molecule has 0 aliphatic heterocycles. The summed E-state index contributed by atoms with van der Waals surface area (Å²) in [6.07, 6.45) is 24.2. The maximum absolute atomic E-state index is 11.2. The summed E-state index contributed by atoms with van der Waals surface area (Å²) in [5.41, 5.74) is 4.70. The van der Waals surface area contributed by atoms with Gasteiger partial charge in [0.05, 0.1) is 6.61 Å². The maximum Gasteiger partial charge on any atom is 0.159 e. The van der Waals surface area contributed by atoms with Crippen molar-refractivity contribution >= 4 is 5.78 Å². The lowest BCUT2D eigenvalue weighted by Crippen LogP contribution is -2.10. The van der Waals surface area contributed by atoms with Crippen LogP contribution in [0.5, 0.6) is 5.75 Å². The van der Waals surface area contributed by atoms with Crippen LogP contribution in [-0.2, 0) is 0 Å². The molecule has 38 heavy (non-hydrogen) atoms. The Kier molecular flexibility index (Phi) is 13.7. The first-order valence-electron chi connectivity index (χ1n) is 15.6. The minimum absolute atomic E-state index is 0.0925. The van der Waals surface area contributed by atoms with Crippen LogP contribution in [0.3, 0.4) is 0 Å². The molecule has 3 aliphatic rings. The molecule has 0 saturated heterocycles. The van der Waals surface area contributed by atoms with Gasteiger partial charge in [0.25, 0.3) is 0 Å². The Bertz CT molecular complexity index is 940. The molecule has 0 bridgehead atoms. The van der Waals surface area contributed by atoms with Crippen molar-refractivity contribution in [1.82, 2.24) is 0 Å². The first kappa shape index (κ1) is 30.2. The zero-order valence-electron chi connectivity index (χ0n) is 24.5. The predicted octanol–water partition coefficient (Wildman–Crippen LogP) is 11.0. The zero-order valence-corrected chi connectivity index (χ0v) is 24.5. The van der Waals surface area contributed by atoms with Crippen LogP contribution < -0.4 is 4.74 Å². The number of carbonyl (C=O) groups excluding carboxylic acids is 1. The maximum atomic E-state index is 11.2. The van der Waals surface area contributed by atoms with Gasteiger partial charge >= 0.3 is 0 Å². The van der Waals surface area contributed by atoms with E-state index in [9.17, 15) is 4.79 Å². The van der Waals surface area contributed by atoms with E-state index in [2.05, 4.69) is 19.9 Å². The van der Waals surface area contributed by atoms with E-state index in [-0.39, 0.29) is 5.78 Å². The van der Waals surface area contributed by atoms with Gasteiger partial charge in [0.2, 0.25) is 0 Å². The molecule has 3 saturated carbocycles. The van der Waals surface area contributed by atoms with Gasteiger partial charge in [-0.25, -0.2) is 0 Å². The highest BCUT2D eigenvalue weighted by molar-refractivity contribution is 5.94. The molecular weight excluding hydrogens is 464 g/mol. The van der Waals surface area contributed by atoms with Crippen LogP contribution in [0, 0.1) is 11.8 Å². The second-order valence-electron chi connectivity index (χ2n) is 11.5. The number of allylic oxidation sites excluding steroid dienone is 2. The van der Waals surface area contributed by atoms with Crippen LogP contribution in [0.15, 0.2) is 60.2 Å². The summed E-state index contributed by atoms with van der Waals surface area (Å²) < 4.78 is 5.55. The molecule has 2 nitrogen and oxygen atoms in total. The largest absolute Gasteiger partial charge is 0.494 e. The minimum Gasteiger partial charge on any atom is -0.494 e. The average Bonchev–Trinajstić information content (AvgIpc) is 3.72. The van der Waals surface area contributed by atoms with Crippen LogP contribution >= 0.6 is 0 Å². The van der Waals surface area contributed by atoms with Crippen molar-refractivity contribution in [2.45, 2.75) is 117 Å². The van der Waals surface area contributed by atoms with Gasteiger partial charge in [-0.3, -0.25) is 4.79 Å². The first-order chi connectivity index (χ1) is 18.6. The lowest BCUT2D eigenvalue weighted by molar-refractivity contribution is 0.101. The molecule has 0 N–H and O–H groups in total. The molecule has 0 atom stereocenters. The number of unbranched alkanes of at least 4 members (excludes halogenated alkanes) is 4. The second-order valence-corrected chi connectivity index (χ2v) is 11.5. The van der Waals surface area contributed by atoms with Crippen LogP contribution in [0.4, 0.5) is 0 Å². The summed E-state index contributed by atoms with van der Waals surface area (Å²) in [5.74, 6) is 3.13. The Balaban J connectivity index is 0.000000176. The standard InChI is InChI=1S/C17H18O2.C11H22.C8H12/c1-3-12-19-17-10-8-16(9-11-17)15-6-4-14(5-7-15)13(2)18;1-2-3-4-5-6-8-11-9-7-10-11;1-2-7(3-1)6-8-4-5-8/h4-11H,3,12H2,1-2H3;11H,2-10H2,1H3;6-7H,1-5H2. The van der Waals surface area contributed by atoms with Crippen LogP contribution in [0.2, 0.25) is 0 Å².